The van der Waals surface area contributed by atoms with E-state index in [1.807, 2.05) is 38.4 Å². The summed E-state index contributed by atoms with van der Waals surface area (Å²) in [5, 5.41) is 3.32. The monoisotopic (exact) mass is 272 g/mol. The van der Waals surface area contributed by atoms with Crippen molar-refractivity contribution in [1.29, 1.82) is 0 Å². The van der Waals surface area contributed by atoms with E-state index >= 15 is 0 Å². The first-order valence-electron chi connectivity index (χ1n) is 6.59. The van der Waals surface area contributed by atoms with Gasteiger partial charge in [-0.05, 0) is 38.4 Å². The molecule has 0 fully saturated rings. The van der Waals surface area contributed by atoms with Gasteiger partial charge in [-0.1, -0.05) is 0 Å². The molecule has 0 bridgehead atoms. The Bertz CT molecular complexity index is 499. The molecule has 1 aromatic heterocycles. The zero-order valence-electron chi connectivity index (χ0n) is 11.9. The van der Waals surface area contributed by atoms with Gasteiger partial charge in [0.05, 0.1) is 0 Å². The van der Waals surface area contributed by atoms with Crippen LogP contribution >= 0.6 is 0 Å². The van der Waals surface area contributed by atoms with Crippen LogP contribution in [0.1, 0.15) is 5.56 Å². The Labute approximate surface area is 119 Å². The van der Waals surface area contributed by atoms with E-state index < -0.39 is 0 Å². The van der Waals surface area contributed by atoms with Gasteiger partial charge in [-0.3, -0.25) is 0 Å². The molecule has 5 nitrogen and oxygen atoms in total. The molecule has 1 aromatic carbocycles. The van der Waals surface area contributed by atoms with Gasteiger partial charge in [0.25, 0.3) is 0 Å². The molecule has 20 heavy (non-hydrogen) atoms. The van der Waals surface area contributed by atoms with Gasteiger partial charge in [0.2, 0.25) is 0 Å². The lowest BCUT2D eigenvalue weighted by molar-refractivity contribution is 0.261. The molecule has 0 radical (unpaired) electrons. The van der Waals surface area contributed by atoms with Crippen LogP contribution in [-0.4, -0.2) is 42.1 Å². The van der Waals surface area contributed by atoms with Crippen molar-refractivity contribution in [2.75, 3.05) is 32.6 Å². The minimum Gasteiger partial charge on any atom is -0.492 e. The summed E-state index contributed by atoms with van der Waals surface area (Å²) in [6.45, 7) is 2.32. The predicted octanol–water partition coefficient (Wildman–Crippen LogP) is 2.03. The van der Waals surface area contributed by atoms with Crippen LogP contribution in [0, 0.1) is 0 Å². The van der Waals surface area contributed by atoms with Crippen LogP contribution in [0.4, 0.5) is 5.69 Å². The number of hydrogen-bond donors (Lipinski definition) is 1. The van der Waals surface area contributed by atoms with Gasteiger partial charge in [0.15, 0.2) is 0 Å². The molecule has 0 saturated carbocycles. The van der Waals surface area contributed by atoms with E-state index in [-0.39, 0.29) is 0 Å². The Morgan fingerprint density at radius 2 is 1.80 bits per heavy atom. The standard InChI is InChI=1S/C15H20N4O/c1-19(2)7-8-20-15-5-3-14(4-6-15)18-11-13-9-16-12-17-10-13/h3-6,9-10,12,18H,7-8,11H2,1-2H3. The number of anilines is 1. The Kier molecular flexibility index (Phi) is 5.32. The lowest BCUT2D eigenvalue weighted by Crippen LogP contribution is -2.19. The number of ether oxygens (including phenoxy) is 1. The molecule has 0 amide bonds. The maximum Gasteiger partial charge on any atom is 0.119 e. The summed E-state index contributed by atoms with van der Waals surface area (Å²) in [6, 6.07) is 7.96. The van der Waals surface area contributed by atoms with Gasteiger partial charge < -0.3 is 15.0 Å². The van der Waals surface area contributed by atoms with Crippen LogP contribution in [0.3, 0.4) is 0 Å². The second-order valence-corrected chi connectivity index (χ2v) is 4.78. The third-order valence-electron chi connectivity index (χ3n) is 2.77. The number of rotatable bonds is 7. The quantitative estimate of drug-likeness (QED) is 0.835. The number of nitrogens with one attached hydrogen (secondary N) is 1. The molecule has 5 heteroatoms. The molecule has 1 N–H and O–H groups in total. The molecule has 0 spiro atoms. The average molecular weight is 272 g/mol. The SMILES string of the molecule is CN(C)CCOc1ccc(NCc2cncnc2)cc1. The average Bonchev–Trinajstić information content (AvgIpc) is 2.47. The zero-order chi connectivity index (χ0) is 14.2. The molecule has 0 atom stereocenters. The highest BCUT2D eigenvalue weighted by Crippen LogP contribution is 2.16. The van der Waals surface area contributed by atoms with Gasteiger partial charge >= 0.3 is 0 Å². The minimum absolute atomic E-state index is 0.696. The van der Waals surface area contributed by atoms with Gasteiger partial charge in [-0.15, -0.1) is 0 Å². The van der Waals surface area contributed by atoms with Crippen molar-refractivity contribution < 1.29 is 4.74 Å². The van der Waals surface area contributed by atoms with E-state index in [1.54, 1.807) is 12.4 Å². The first-order valence-corrected chi connectivity index (χ1v) is 6.59. The van der Waals surface area contributed by atoms with Gasteiger partial charge in [0, 0.05) is 36.7 Å². The van der Waals surface area contributed by atoms with Crippen LogP contribution in [0.25, 0.3) is 0 Å². The summed E-state index contributed by atoms with van der Waals surface area (Å²) in [4.78, 5) is 10.1. The highest BCUT2D eigenvalue weighted by Gasteiger charge is 1.97. The lowest BCUT2D eigenvalue weighted by atomic mass is 10.3. The van der Waals surface area contributed by atoms with Crippen molar-refractivity contribution in [2.45, 2.75) is 6.54 Å². The zero-order valence-corrected chi connectivity index (χ0v) is 11.9. The van der Waals surface area contributed by atoms with E-state index in [0.29, 0.717) is 13.2 Å². The first-order chi connectivity index (χ1) is 9.74. The summed E-state index contributed by atoms with van der Waals surface area (Å²) >= 11 is 0. The summed E-state index contributed by atoms with van der Waals surface area (Å²) in [7, 11) is 4.06. The van der Waals surface area contributed by atoms with Gasteiger partial charge in [-0.25, -0.2) is 9.97 Å². The largest absolute Gasteiger partial charge is 0.492 e. The van der Waals surface area contributed by atoms with Crippen LogP contribution < -0.4 is 10.1 Å². The summed E-state index contributed by atoms with van der Waals surface area (Å²) < 4.78 is 5.65. The number of benzene rings is 1. The van der Waals surface area contributed by atoms with Crippen LogP contribution in [0.2, 0.25) is 0 Å². The van der Waals surface area contributed by atoms with E-state index in [1.165, 1.54) is 6.33 Å². The summed E-state index contributed by atoms with van der Waals surface area (Å²) in [5.41, 5.74) is 2.10. The maximum atomic E-state index is 5.65. The van der Waals surface area contributed by atoms with Crippen molar-refractivity contribution in [3.8, 4) is 5.75 Å². The van der Waals surface area contributed by atoms with Crippen molar-refractivity contribution in [3.63, 3.8) is 0 Å². The fourth-order valence-corrected chi connectivity index (χ4v) is 1.64. The second kappa shape index (κ2) is 7.45. The highest BCUT2D eigenvalue weighted by molar-refractivity contribution is 5.46. The first kappa shape index (κ1) is 14.3. The van der Waals surface area contributed by atoms with Crippen molar-refractivity contribution in [1.82, 2.24) is 14.9 Å². The molecular weight excluding hydrogens is 252 g/mol. The normalized spacial score (nSPS) is 10.6. The second-order valence-electron chi connectivity index (χ2n) is 4.78. The number of aromatic nitrogens is 2. The third-order valence-corrected chi connectivity index (χ3v) is 2.77. The van der Waals surface area contributed by atoms with Crippen molar-refractivity contribution >= 4 is 5.69 Å². The maximum absolute atomic E-state index is 5.65. The molecule has 1 heterocycles. The van der Waals surface area contributed by atoms with Crippen molar-refractivity contribution in [3.05, 3.63) is 48.5 Å². The molecule has 0 aliphatic carbocycles. The smallest absolute Gasteiger partial charge is 0.119 e. The molecule has 0 unspecified atom stereocenters. The number of hydrogen-bond acceptors (Lipinski definition) is 5. The van der Waals surface area contributed by atoms with Gasteiger partial charge in [0.1, 0.15) is 18.7 Å². The minimum atomic E-state index is 0.696. The molecule has 0 aliphatic heterocycles. The Balaban J connectivity index is 1.79. The number of nitrogens with zero attached hydrogens (tertiary/aromatic N) is 3. The third kappa shape index (κ3) is 4.85. The Morgan fingerprint density at radius 1 is 1.10 bits per heavy atom. The predicted molar refractivity (Wildman–Crippen MR) is 79.8 cm³/mol. The van der Waals surface area contributed by atoms with E-state index in [2.05, 4.69) is 20.2 Å². The summed E-state index contributed by atoms with van der Waals surface area (Å²) in [6.07, 6.45) is 5.14. The molecule has 106 valence electrons. The fraction of sp³-hybridized carbons (Fsp3) is 0.333. The van der Waals surface area contributed by atoms with E-state index in [0.717, 1.165) is 23.5 Å². The fourth-order valence-electron chi connectivity index (χ4n) is 1.64. The van der Waals surface area contributed by atoms with Crippen LogP contribution in [-0.2, 0) is 6.54 Å². The van der Waals surface area contributed by atoms with Crippen LogP contribution in [0.5, 0.6) is 5.75 Å². The molecule has 0 saturated heterocycles. The molecular formula is C15H20N4O. The Hall–Kier alpha value is -2.14. The molecule has 2 rings (SSSR count). The Morgan fingerprint density at radius 3 is 2.45 bits per heavy atom. The van der Waals surface area contributed by atoms with E-state index in [9.17, 15) is 0 Å². The summed E-state index contributed by atoms with van der Waals surface area (Å²) in [5.74, 6) is 0.889. The van der Waals surface area contributed by atoms with Crippen LogP contribution in [0.15, 0.2) is 43.0 Å². The van der Waals surface area contributed by atoms with Gasteiger partial charge in [-0.2, -0.15) is 0 Å². The number of likely N-dealkylation sites (N-methyl/N-ethyl adjacent to an activating group) is 1. The van der Waals surface area contributed by atoms with Crippen molar-refractivity contribution in [2.24, 2.45) is 0 Å². The molecule has 2 aromatic rings. The molecule has 0 aliphatic rings. The topological polar surface area (TPSA) is 50.3 Å². The highest BCUT2D eigenvalue weighted by atomic mass is 16.5. The van der Waals surface area contributed by atoms with E-state index in [4.69, 9.17) is 4.74 Å². The lowest BCUT2D eigenvalue weighted by Gasteiger charge is -2.11.